The number of allylic oxidation sites excluding steroid dienone is 2. The average Bonchev–Trinajstić information content (AvgIpc) is 3.42. The molecule has 2 aliphatic heterocycles. The van der Waals surface area contributed by atoms with Crippen molar-refractivity contribution in [1.82, 2.24) is 9.88 Å². The Morgan fingerprint density at radius 3 is 2.66 bits per heavy atom. The summed E-state index contributed by atoms with van der Waals surface area (Å²) in [4.78, 5) is 6.00. The van der Waals surface area contributed by atoms with Gasteiger partial charge in [0.1, 0.15) is 28.1 Å². The maximum atomic E-state index is 17.2. The summed E-state index contributed by atoms with van der Waals surface area (Å²) in [6, 6.07) is 7.66. The van der Waals surface area contributed by atoms with Crippen LogP contribution in [0.25, 0.3) is 16.3 Å². The molecule has 3 heterocycles. The first-order chi connectivity index (χ1) is 17.9. The number of hydrogen-bond donors (Lipinski definition) is 2. The van der Waals surface area contributed by atoms with Crippen LogP contribution in [0.5, 0.6) is 0 Å². The zero-order chi connectivity index (χ0) is 26.9. The van der Waals surface area contributed by atoms with Crippen molar-refractivity contribution < 1.29 is 23.7 Å². The van der Waals surface area contributed by atoms with Gasteiger partial charge in [0.05, 0.1) is 6.10 Å². The number of likely N-dealkylation sites (N-methyl/N-ethyl adjacent to an activating group) is 1. The third-order valence-corrected chi connectivity index (χ3v) is 11.6. The fraction of sp³-hybridized carbons (Fsp3) is 0.633. The molecule has 2 spiro atoms. The summed E-state index contributed by atoms with van der Waals surface area (Å²) >= 11 is 6.31. The summed E-state index contributed by atoms with van der Waals surface area (Å²) in [7, 11) is 3.63. The van der Waals surface area contributed by atoms with Crippen LogP contribution in [0.15, 0.2) is 36.5 Å². The minimum Gasteiger partial charge on any atom is -0.389 e. The standard InChI is InChI=1S/C30H35ClF2N2O3/c1-26-9-10-27(32)16-29(33)24(37)23(36)21(35(2)3)15-28(29)11-12-30(27,38-28)22(26)7-6-20(26)18-4-5-19-17(14-18)8-13-34-25(19)31/h4-6,8,13-14,21-24,36-37H,7,9-12,15-16H2,1-3H3. The predicted molar refractivity (Wildman–Crippen MR) is 142 cm³/mol. The molecule has 2 bridgehead atoms. The van der Waals surface area contributed by atoms with Crippen molar-refractivity contribution >= 4 is 27.9 Å². The number of aromatic nitrogens is 1. The molecule has 3 aliphatic carbocycles. The maximum absolute atomic E-state index is 17.2. The van der Waals surface area contributed by atoms with Crippen molar-refractivity contribution in [1.29, 1.82) is 0 Å². The highest BCUT2D eigenvalue weighted by atomic mass is 35.5. The lowest BCUT2D eigenvalue weighted by atomic mass is 9.51. The number of alkyl halides is 2. The van der Waals surface area contributed by atoms with Gasteiger partial charge >= 0.3 is 0 Å². The highest BCUT2D eigenvalue weighted by Gasteiger charge is 2.82. The first-order valence-corrected chi connectivity index (χ1v) is 14.1. The molecule has 2 N–H and O–H groups in total. The SMILES string of the molecule is CN(C)C1CC23CCC4(O2)C2CC=C(c5ccc6c(Cl)nccc6c5)C2(C)CCC4(F)CC3(F)C(O)C1O. The van der Waals surface area contributed by atoms with Gasteiger partial charge < -0.3 is 19.8 Å². The summed E-state index contributed by atoms with van der Waals surface area (Å²) in [5.74, 6) is -0.147. The van der Waals surface area contributed by atoms with Gasteiger partial charge in [-0.2, -0.15) is 0 Å². The molecule has 4 fully saturated rings. The van der Waals surface area contributed by atoms with Gasteiger partial charge in [0.25, 0.3) is 0 Å². The molecular weight excluding hydrogens is 510 g/mol. The van der Waals surface area contributed by atoms with E-state index in [1.807, 2.05) is 31.1 Å². The minimum absolute atomic E-state index is 0.147. The Morgan fingerprint density at radius 2 is 1.89 bits per heavy atom. The Balaban J connectivity index is 1.29. The zero-order valence-electron chi connectivity index (χ0n) is 22.1. The molecule has 5 nitrogen and oxygen atoms in total. The molecule has 38 heavy (non-hydrogen) atoms. The van der Waals surface area contributed by atoms with E-state index in [0.717, 1.165) is 16.3 Å². The van der Waals surface area contributed by atoms with Crippen molar-refractivity contribution in [3.63, 3.8) is 0 Å². The molecule has 2 saturated carbocycles. The van der Waals surface area contributed by atoms with Crippen LogP contribution in [-0.4, -0.2) is 75.0 Å². The Morgan fingerprint density at radius 1 is 1.11 bits per heavy atom. The summed E-state index contributed by atoms with van der Waals surface area (Å²) in [6.07, 6.45) is 2.86. The fourth-order valence-corrected chi connectivity index (χ4v) is 9.51. The molecule has 9 unspecified atom stereocenters. The summed E-state index contributed by atoms with van der Waals surface area (Å²) < 4.78 is 41.0. The second-order valence-electron chi connectivity index (χ2n) is 13.0. The van der Waals surface area contributed by atoms with Crippen molar-refractivity contribution in [3.05, 3.63) is 47.3 Å². The molecular formula is C30H35ClF2N2O3. The second-order valence-corrected chi connectivity index (χ2v) is 13.4. The number of nitrogens with zero attached hydrogens (tertiary/aromatic N) is 2. The summed E-state index contributed by atoms with van der Waals surface area (Å²) in [6.45, 7) is 2.21. The molecule has 2 aromatic rings. The number of rotatable bonds is 2. The van der Waals surface area contributed by atoms with Gasteiger partial charge in [-0.1, -0.05) is 36.7 Å². The topological polar surface area (TPSA) is 65.8 Å². The van der Waals surface area contributed by atoms with E-state index < -0.39 is 47.2 Å². The average molecular weight is 545 g/mol. The molecule has 7 rings (SSSR count). The molecule has 9 atom stereocenters. The van der Waals surface area contributed by atoms with Crippen molar-refractivity contribution in [2.24, 2.45) is 11.3 Å². The van der Waals surface area contributed by atoms with Gasteiger partial charge in [-0.15, -0.1) is 0 Å². The number of halogens is 3. The lowest BCUT2D eigenvalue weighted by Gasteiger charge is -2.65. The van der Waals surface area contributed by atoms with Crippen LogP contribution >= 0.6 is 11.6 Å². The number of hydrogen-bond acceptors (Lipinski definition) is 5. The van der Waals surface area contributed by atoms with Crippen LogP contribution in [0, 0.1) is 11.3 Å². The zero-order valence-corrected chi connectivity index (χ0v) is 22.8. The third-order valence-electron chi connectivity index (χ3n) is 11.3. The number of pyridine rings is 1. The smallest absolute Gasteiger partial charge is 0.171 e. The molecule has 0 amide bonds. The Kier molecular flexibility index (Phi) is 5.17. The van der Waals surface area contributed by atoms with Gasteiger partial charge in [-0.05, 0) is 86.7 Å². The van der Waals surface area contributed by atoms with E-state index in [2.05, 4.69) is 30.1 Å². The predicted octanol–water partition coefficient (Wildman–Crippen LogP) is 5.26. The van der Waals surface area contributed by atoms with Crippen molar-refractivity contribution in [2.45, 2.75) is 92.7 Å². The van der Waals surface area contributed by atoms with E-state index in [9.17, 15) is 10.2 Å². The van der Waals surface area contributed by atoms with Crippen molar-refractivity contribution in [2.75, 3.05) is 14.1 Å². The minimum atomic E-state index is -2.33. The van der Waals surface area contributed by atoms with Crippen molar-refractivity contribution in [3.8, 4) is 0 Å². The van der Waals surface area contributed by atoms with Crippen LogP contribution in [0.2, 0.25) is 5.15 Å². The first-order valence-electron chi connectivity index (χ1n) is 13.8. The third kappa shape index (κ3) is 2.87. The number of benzene rings is 1. The van der Waals surface area contributed by atoms with E-state index >= 15 is 8.78 Å². The van der Waals surface area contributed by atoms with E-state index in [4.69, 9.17) is 16.3 Å². The number of aliphatic hydroxyl groups excluding tert-OH is 2. The van der Waals surface area contributed by atoms with Crippen LogP contribution < -0.4 is 0 Å². The van der Waals surface area contributed by atoms with E-state index in [1.54, 1.807) is 6.20 Å². The number of ether oxygens (including phenoxy) is 1. The summed E-state index contributed by atoms with van der Waals surface area (Å²) in [5, 5.41) is 24.3. The van der Waals surface area contributed by atoms with Crippen LogP contribution in [0.1, 0.15) is 57.4 Å². The summed E-state index contributed by atoms with van der Waals surface area (Å²) in [5.41, 5.74) is -4.76. The Labute approximate surface area is 226 Å². The first kappa shape index (κ1) is 25.3. The molecule has 0 radical (unpaired) electrons. The van der Waals surface area contributed by atoms with Gasteiger partial charge in [-0.3, -0.25) is 0 Å². The fourth-order valence-electron chi connectivity index (χ4n) is 9.28. The van der Waals surface area contributed by atoms with Gasteiger partial charge in [0.15, 0.2) is 5.67 Å². The quantitative estimate of drug-likeness (QED) is 0.505. The van der Waals surface area contributed by atoms with E-state index in [-0.39, 0.29) is 24.2 Å². The molecule has 8 heteroatoms. The molecule has 204 valence electrons. The lowest BCUT2D eigenvalue weighted by molar-refractivity contribution is -0.347. The Bertz CT molecular complexity index is 1370. The van der Waals surface area contributed by atoms with Crippen LogP contribution in [0.3, 0.4) is 0 Å². The second kappa shape index (κ2) is 7.76. The molecule has 1 aromatic carbocycles. The van der Waals surface area contributed by atoms with Crippen LogP contribution in [0.4, 0.5) is 8.78 Å². The highest BCUT2D eigenvalue weighted by Crippen LogP contribution is 2.74. The monoisotopic (exact) mass is 544 g/mol. The molecule has 5 aliphatic rings. The highest BCUT2D eigenvalue weighted by molar-refractivity contribution is 6.34. The number of aliphatic hydroxyl groups is 2. The largest absolute Gasteiger partial charge is 0.389 e. The maximum Gasteiger partial charge on any atom is 0.171 e. The normalized spacial score (nSPS) is 47.6. The number of fused-ring (bicyclic) bond motifs is 2. The van der Waals surface area contributed by atoms with Gasteiger partial charge in [0, 0.05) is 30.0 Å². The Hall–Kier alpha value is -1.64. The van der Waals surface area contributed by atoms with Gasteiger partial charge in [-0.25, -0.2) is 13.8 Å². The molecule has 2 saturated heterocycles. The van der Waals surface area contributed by atoms with Gasteiger partial charge in [0.2, 0.25) is 0 Å². The van der Waals surface area contributed by atoms with Crippen LogP contribution in [-0.2, 0) is 4.74 Å². The lowest BCUT2D eigenvalue weighted by Crippen LogP contribution is -2.78. The van der Waals surface area contributed by atoms with E-state index in [0.29, 0.717) is 30.8 Å². The molecule has 1 aromatic heterocycles. The van der Waals surface area contributed by atoms with E-state index in [1.165, 1.54) is 5.57 Å².